The number of benzene rings is 4. The standard InChI is InChI=1S/C25H15F5/c26-20-11-16(10-15-6-8-18(9-7-15)17-4-2-1-3-5-17)12-21(27)24(20)19-13-22(28)25(30)23(29)14-19/h1-9,11-14H,10H2. The molecule has 0 nitrogen and oxygen atoms in total. The zero-order valence-electron chi connectivity index (χ0n) is 15.6. The van der Waals surface area contributed by atoms with Crippen molar-refractivity contribution in [3.05, 3.63) is 119 Å². The van der Waals surface area contributed by atoms with Gasteiger partial charge in [0.1, 0.15) is 11.6 Å². The minimum Gasteiger partial charge on any atom is -0.206 e. The van der Waals surface area contributed by atoms with E-state index in [1.165, 1.54) is 0 Å². The maximum absolute atomic E-state index is 14.6. The lowest BCUT2D eigenvalue weighted by Crippen LogP contribution is -1.98. The second-order valence-electron chi connectivity index (χ2n) is 6.93. The molecule has 0 aromatic heterocycles. The molecule has 0 saturated heterocycles. The zero-order chi connectivity index (χ0) is 21.3. The summed E-state index contributed by atoms with van der Waals surface area (Å²) >= 11 is 0. The van der Waals surface area contributed by atoms with Crippen molar-refractivity contribution in [3.63, 3.8) is 0 Å². The second kappa shape index (κ2) is 8.11. The van der Waals surface area contributed by atoms with Crippen LogP contribution >= 0.6 is 0 Å². The Morgan fingerprint density at radius 3 is 1.57 bits per heavy atom. The molecule has 4 aromatic carbocycles. The Morgan fingerprint density at radius 2 is 1.00 bits per heavy atom. The minimum absolute atomic E-state index is 0.273. The largest absolute Gasteiger partial charge is 0.206 e. The van der Waals surface area contributed by atoms with Gasteiger partial charge in [0, 0.05) is 0 Å². The van der Waals surface area contributed by atoms with Crippen molar-refractivity contribution in [1.82, 2.24) is 0 Å². The quantitative estimate of drug-likeness (QED) is 0.244. The average molecular weight is 410 g/mol. The molecule has 0 aliphatic rings. The van der Waals surface area contributed by atoms with Crippen LogP contribution < -0.4 is 0 Å². The highest BCUT2D eigenvalue weighted by Crippen LogP contribution is 2.30. The van der Waals surface area contributed by atoms with Crippen LogP contribution in [0.4, 0.5) is 22.0 Å². The Bertz CT molecular complexity index is 1150. The maximum atomic E-state index is 14.6. The maximum Gasteiger partial charge on any atom is 0.194 e. The van der Waals surface area contributed by atoms with E-state index in [4.69, 9.17) is 0 Å². The summed E-state index contributed by atoms with van der Waals surface area (Å²) < 4.78 is 69.2. The molecule has 0 amide bonds. The smallest absolute Gasteiger partial charge is 0.194 e. The Labute approximate surface area is 170 Å². The van der Waals surface area contributed by atoms with Gasteiger partial charge in [-0.2, -0.15) is 0 Å². The second-order valence-corrected chi connectivity index (χ2v) is 6.93. The SMILES string of the molecule is Fc1cc(-c2c(F)cc(Cc3ccc(-c4ccccc4)cc3)cc2F)cc(F)c1F. The van der Waals surface area contributed by atoms with Crippen molar-refractivity contribution >= 4 is 0 Å². The Balaban J connectivity index is 1.61. The number of hydrogen-bond acceptors (Lipinski definition) is 0. The predicted molar refractivity (Wildman–Crippen MR) is 106 cm³/mol. The summed E-state index contributed by atoms with van der Waals surface area (Å²) in [6, 6.07) is 20.7. The lowest BCUT2D eigenvalue weighted by Gasteiger charge is -2.10. The minimum atomic E-state index is -1.69. The van der Waals surface area contributed by atoms with Gasteiger partial charge in [-0.25, -0.2) is 22.0 Å². The fraction of sp³-hybridized carbons (Fsp3) is 0.0400. The first-order chi connectivity index (χ1) is 14.4. The molecular formula is C25H15F5. The molecule has 0 saturated carbocycles. The molecule has 150 valence electrons. The molecule has 0 bridgehead atoms. The summed E-state index contributed by atoms with van der Waals surface area (Å²) in [4.78, 5) is 0. The van der Waals surface area contributed by atoms with E-state index in [1.807, 2.05) is 54.6 Å². The number of halogens is 5. The first-order valence-corrected chi connectivity index (χ1v) is 9.19. The van der Waals surface area contributed by atoms with Crippen LogP contribution in [0.1, 0.15) is 11.1 Å². The van der Waals surface area contributed by atoms with Crippen molar-refractivity contribution in [1.29, 1.82) is 0 Å². The fourth-order valence-electron chi connectivity index (χ4n) is 3.38. The molecule has 0 N–H and O–H groups in total. The van der Waals surface area contributed by atoms with Gasteiger partial charge in [-0.15, -0.1) is 0 Å². The van der Waals surface area contributed by atoms with Crippen LogP contribution in [0, 0.1) is 29.1 Å². The van der Waals surface area contributed by atoms with E-state index in [0.717, 1.165) is 28.8 Å². The summed E-state index contributed by atoms with van der Waals surface area (Å²) in [5.41, 5.74) is 2.29. The highest BCUT2D eigenvalue weighted by molar-refractivity contribution is 5.66. The van der Waals surface area contributed by atoms with Gasteiger partial charge in [-0.1, -0.05) is 54.6 Å². The van der Waals surface area contributed by atoms with E-state index >= 15 is 0 Å². The topological polar surface area (TPSA) is 0 Å². The number of hydrogen-bond donors (Lipinski definition) is 0. The fourth-order valence-corrected chi connectivity index (χ4v) is 3.38. The molecular weight excluding hydrogens is 395 g/mol. The third kappa shape index (κ3) is 3.96. The van der Waals surface area contributed by atoms with Crippen LogP contribution in [0.3, 0.4) is 0 Å². The van der Waals surface area contributed by atoms with Gasteiger partial charge in [-0.05, 0) is 58.5 Å². The first-order valence-electron chi connectivity index (χ1n) is 9.19. The van der Waals surface area contributed by atoms with E-state index < -0.39 is 40.2 Å². The van der Waals surface area contributed by atoms with Crippen molar-refractivity contribution in [2.75, 3.05) is 0 Å². The molecule has 0 radical (unpaired) electrons. The van der Waals surface area contributed by atoms with Crippen LogP contribution in [0.2, 0.25) is 0 Å². The van der Waals surface area contributed by atoms with Gasteiger partial charge < -0.3 is 0 Å². The summed E-state index contributed by atoms with van der Waals surface area (Å²) in [6.07, 6.45) is 0.273. The molecule has 30 heavy (non-hydrogen) atoms. The summed E-state index contributed by atoms with van der Waals surface area (Å²) in [5.74, 6) is -6.65. The summed E-state index contributed by atoms with van der Waals surface area (Å²) in [5, 5.41) is 0. The third-order valence-corrected chi connectivity index (χ3v) is 4.84. The molecule has 0 aliphatic carbocycles. The summed E-state index contributed by atoms with van der Waals surface area (Å²) in [7, 11) is 0. The van der Waals surface area contributed by atoms with E-state index in [9.17, 15) is 22.0 Å². The molecule has 4 aromatic rings. The lowest BCUT2D eigenvalue weighted by molar-refractivity contribution is 0.447. The van der Waals surface area contributed by atoms with Crippen molar-refractivity contribution in [2.45, 2.75) is 6.42 Å². The van der Waals surface area contributed by atoms with Crippen molar-refractivity contribution in [3.8, 4) is 22.3 Å². The van der Waals surface area contributed by atoms with Gasteiger partial charge in [0.25, 0.3) is 0 Å². The molecule has 0 fully saturated rings. The van der Waals surface area contributed by atoms with Gasteiger partial charge in [0.2, 0.25) is 0 Å². The van der Waals surface area contributed by atoms with Crippen LogP contribution in [0.15, 0.2) is 78.9 Å². The highest BCUT2D eigenvalue weighted by atomic mass is 19.2. The van der Waals surface area contributed by atoms with Crippen molar-refractivity contribution in [2.24, 2.45) is 0 Å². The monoisotopic (exact) mass is 410 g/mol. The molecule has 0 unspecified atom stereocenters. The van der Waals surface area contributed by atoms with Gasteiger partial charge in [0.15, 0.2) is 17.5 Å². The normalized spacial score (nSPS) is 11.0. The number of rotatable bonds is 4. The van der Waals surface area contributed by atoms with Gasteiger partial charge in [0.05, 0.1) is 5.56 Å². The first kappa shape index (κ1) is 19.8. The zero-order valence-corrected chi connectivity index (χ0v) is 15.6. The molecule has 0 spiro atoms. The van der Waals surface area contributed by atoms with Crippen LogP contribution in [0.5, 0.6) is 0 Å². The molecule has 0 atom stereocenters. The van der Waals surface area contributed by atoms with Gasteiger partial charge in [-0.3, -0.25) is 0 Å². The Hall–Kier alpha value is -3.47. The molecule has 0 aliphatic heterocycles. The van der Waals surface area contributed by atoms with E-state index in [0.29, 0.717) is 17.7 Å². The van der Waals surface area contributed by atoms with E-state index in [1.54, 1.807) is 0 Å². The van der Waals surface area contributed by atoms with Gasteiger partial charge >= 0.3 is 0 Å². The van der Waals surface area contributed by atoms with Crippen LogP contribution in [-0.4, -0.2) is 0 Å². The Morgan fingerprint density at radius 1 is 0.467 bits per heavy atom. The van der Waals surface area contributed by atoms with Crippen molar-refractivity contribution < 1.29 is 22.0 Å². The summed E-state index contributed by atoms with van der Waals surface area (Å²) in [6.45, 7) is 0. The third-order valence-electron chi connectivity index (χ3n) is 4.84. The molecule has 5 heteroatoms. The molecule has 4 rings (SSSR count). The van der Waals surface area contributed by atoms with Crippen LogP contribution in [0.25, 0.3) is 22.3 Å². The Kier molecular flexibility index (Phi) is 5.36. The van der Waals surface area contributed by atoms with Crippen LogP contribution in [-0.2, 0) is 6.42 Å². The van der Waals surface area contributed by atoms with E-state index in [-0.39, 0.29) is 6.42 Å². The highest BCUT2D eigenvalue weighted by Gasteiger charge is 2.18. The average Bonchev–Trinajstić information content (AvgIpc) is 2.72. The predicted octanol–water partition coefficient (Wildman–Crippen LogP) is 7.31. The van der Waals surface area contributed by atoms with E-state index in [2.05, 4.69) is 0 Å². The molecule has 0 heterocycles. The lowest BCUT2D eigenvalue weighted by atomic mass is 9.97.